The quantitative estimate of drug-likeness (QED) is 0.636. The van der Waals surface area contributed by atoms with E-state index in [-0.39, 0.29) is 22.7 Å². The van der Waals surface area contributed by atoms with Gasteiger partial charge in [-0.2, -0.15) is 0 Å². The Hall–Kier alpha value is -2.59. The molecule has 1 atom stereocenters. The lowest BCUT2D eigenvalue weighted by molar-refractivity contribution is -0.138. The number of hydrogen-bond acceptors (Lipinski definition) is 5. The molecule has 10 heteroatoms. The van der Waals surface area contributed by atoms with Crippen molar-refractivity contribution in [3.63, 3.8) is 0 Å². The van der Waals surface area contributed by atoms with Crippen molar-refractivity contribution in [2.75, 3.05) is 4.90 Å². The van der Waals surface area contributed by atoms with Crippen LogP contribution >= 0.6 is 23.1 Å². The topological polar surface area (TPSA) is 70.5 Å². The maximum Gasteiger partial charge on any atom is 0.305 e. The first-order valence-corrected chi connectivity index (χ1v) is 9.76. The van der Waals surface area contributed by atoms with E-state index in [0.717, 1.165) is 28.0 Å². The summed E-state index contributed by atoms with van der Waals surface area (Å²) >= 11 is 1.98. The third-order valence-electron chi connectivity index (χ3n) is 4.18. The van der Waals surface area contributed by atoms with Gasteiger partial charge in [-0.25, -0.2) is 18.2 Å². The lowest BCUT2D eigenvalue weighted by atomic mass is 10.2. The van der Waals surface area contributed by atoms with Crippen LogP contribution in [0, 0.1) is 17.5 Å². The van der Waals surface area contributed by atoms with Crippen LogP contribution in [0.3, 0.4) is 0 Å². The minimum atomic E-state index is -1.33. The van der Waals surface area contributed by atoms with Gasteiger partial charge in [-0.1, -0.05) is 12.1 Å². The largest absolute Gasteiger partial charge is 0.481 e. The van der Waals surface area contributed by atoms with E-state index in [1.165, 1.54) is 4.90 Å². The number of carbonyl (C=O) groups excluding carboxylic acids is 1. The first kappa shape index (κ1) is 18.8. The molecule has 144 valence electrons. The zero-order chi connectivity index (χ0) is 20.0. The molecule has 2 aromatic carbocycles. The fourth-order valence-corrected chi connectivity index (χ4v) is 5.13. The molecule has 0 saturated heterocycles. The maximum atomic E-state index is 14.0. The lowest BCUT2D eigenvalue weighted by Crippen LogP contribution is -2.41. The van der Waals surface area contributed by atoms with E-state index in [0.29, 0.717) is 11.8 Å². The van der Waals surface area contributed by atoms with Crippen molar-refractivity contribution in [3.05, 3.63) is 52.8 Å². The normalized spacial score (nSPS) is 16.5. The summed E-state index contributed by atoms with van der Waals surface area (Å²) in [5.74, 6) is -5.05. The minimum Gasteiger partial charge on any atom is -0.481 e. The third kappa shape index (κ3) is 3.22. The molecule has 0 saturated carbocycles. The molecule has 1 N–H and O–H groups in total. The smallest absolute Gasteiger partial charge is 0.305 e. The molecule has 0 aliphatic carbocycles. The van der Waals surface area contributed by atoms with Crippen LogP contribution in [0.25, 0.3) is 10.2 Å². The zero-order valence-corrected chi connectivity index (χ0v) is 15.6. The molecule has 0 radical (unpaired) electrons. The van der Waals surface area contributed by atoms with Gasteiger partial charge in [-0.15, -0.1) is 23.1 Å². The number of thiazole rings is 1. The predicted molar refractivity (Wildman–Crippen MR) is 99.0 cm³/mol. The molecule has 28 heavy (non-hydrogen) atoms. The van der Waals surface area contributed by atoms with E-state index >= 15 is 0 Å². The van der Waals surface area contributed by atoms with Gasteiger partial charge in [-0.3, -0.25) is 9.59 Å². The molecular weight excluding hydrogens is 413 g/mol. The van der Waals surface area contributed by atoms with Gasteiger partial charge in [0.1, 0.15) is 16.3 Å². The van der Waals surface area contributed by atoms with E-state index in [1.807, 2.05) is 0 Å². The molecule has 1 aliphatic rings. The van der Waals surface area contributed by atoms with Crippen LogP contribution in [0.4, 0.5) is 18.9 Å². The van der Waals surface area contributed by atoms with Crippen LogP contribution in [-0.4, -0.2) is 27.2 Å². The first-order chi connectivity index (χ1) is 13.3. The predicted octanol–water partition coefficient (Wildman–Crippen LogP) is 4.20. The Morgan fingerprint density at radius 3 is 2.71 bits per heavy atom. The number of carboxylic acids is 1. The molecular formula is C18H11F3N2O3S2. The van der Waals surface area contributed by atoms with E-state index in [4.69, 9.17) is 5.11 Å². The molecule has 1 amide bonds. The number of carboxylic acid groups (broad SMARTS) is 1. The van der Waals surface area contributed by atoms with Gasteiger partial charge in [0.2, 0.25) is 5.91 Å². The highest BCUT2D eigenvalue weighted by Crippen LogP contribution is 2.41. The van der Waals surface area contributed by atoms with Gasteiger partial charge in [0.25, 0.3) is 0 Å². The molecule has 0 spiro atoms. The van der Waals surface area contributed by atoms with E-state index < -0.39 is 40.1 Å². The molecule has 5 nitrogen and oxygen atoms in total. The summed E-state index contributed by atoms with van der Waals surface area (Å²) in [6.45, 7) is -0.105. The summed E-state index contributed by atoms with van der Waals surface area (Å²) in [6.07, 6.45) is -0.358. The molecule has 0 unspecified atom stereocenters. The summed E-state index contributed by atoms with van der Waals surface area (Å²) < 4.78 is 41.2. The summed E-state index contributed by atoms with van der Waals surface area (Å²) in [5.41, 5.74) is 0.136. The van der Waals surface area contributed by atoms with Crippen molar-refractivity contribution in [2.24, 2.45) is 0 Å². The van der Waals surface area contributed by atoms with Crippen LogP contribution in [0.5, 0.6) is 0 Å². The van der Waals surface area contributed by atoms with Crippen molar-refractivity contribution in [2.45, 2.75) is 23.1 Å². The van der Waals surface area contributed by atoms with Crippen molar-refractivity contribution < 1.29 is 27.9 Å². The Morgan fingerprint density at radius 2 is 1.96 bits per heavy atom. The molecule has 0 fully saturated rings. The van der Waals surface area contributed by atoms with E-state index in [1.54, 1.807) is 24.3 Å². The highest BCUT2D eigenvalue weighted by molar-refractivity contribution is 8.01. The minimum absolute atomic E-state index is 0.105. The monoisotopic (exact) mass is 424 g/mol. The number of hydrogen-bond donors (Lipinski definition) is 1. The number of halogens is 3. The number of aliphatic carboxylic acids is 1. The summed E-state index contributed by atoms with van der Waals surface area (Å²) in [7, 11) is 0. The third-order valence-corrected chi connectivity index (χ3v) is 6.48. The highest BCUT2D eigenvalue weighted by atomic mass is 32.2. The molecule has 3 aromatic rings. The van der Waals surface area contributed by atoms with Gasteiger partial charge in [0, 0.05) is 11.0 Å². The van der Waals surface area contributed by atoms with Crippen LogP contribution < -0.4 is 4.90 Å². The van der Waals surface area contributed by atoms with Crippen molar-refractivity contribution in [1.29, 1.82) is 0 Å². The fourth-order valence-electron chi connectivity index (χ4n) is 2.96. The fraction of sp³-hybridized carbons (Fsp3) is 0.167. The highest BCUT2D eigenvalue weighted by Gasteiger charge is 2.35. The van der Waals surface area contributed by atoms with E-state index in [9.17, 15) is 22.8 Å². The maximum absolute atomic E-state index is 14.0. The second-order valence-corrected chi connectivity index (χ2v) is 8.36. The Bertz CT molecular complexity index is 1120. The number of thioether (sulfide) groups is 1. The van der Waals surface area contributed by atoms with E-state index in [2.05, 4.69) is 4.98 Å². The van der Waals surface area contributed by atoms with Crippen LogP contribution in [-0.2, 0) is 16.1 Å². The van der Waals surface area contributed by atoms with Crippen molar-refractivity contribution >= 4 is 50.9 Å². The molecule has 1 aromatic heterocycles. The van der Waals surface area contributed by atoms with Crippen LogP contribution in [0.1, 0.15) is 11.4 Å². The number of amides is 1. The lowest BCUT2D eigenvalue weighted by Gasteiger charge is -2.32. The number of benzene rings is 2. The average molecular weight is 424 g/mol. The molecule has 4 rings (SSSR count). The van der Waals surface area contributed by atoms with Gasteiger partial charge < -0.3 is 10.0 Å². The Balaban J connectivity index is 1.74. The molecule has 2 heterocycles. The number of anilines is 1. The molecule has 0 bridgehead atoms. The number of rotatable bonds is 4. The number of para-hydroxylation sites is 1. The van der Waals surface area contributed by atoms with Gasteiger partial charge in [0.05, 0.1) is 28.6 Å². The summed E-state index contributed by atoms with van der Waals surface area (Å²) in [5, 5.41) is 8.46. The standard InChI is InChI=1S/C18H11F3N2O3S2/c19-8-5-9(20)17-16(15(8)21)22-13(28-17)7-23-10-3-1-2-4-11(10)27-12(18(23)26)6-14(24)25/h1-5,12H,6-7H2,(H,24,25)/t12-/m0/s1. The zero-order valence-electron chi connectivity index (χ0n) is 14.0. The number of carbonyl (C=O) groups is 2. The Morgan fingerprint density at radius 1 is 1.21 bits per heavy atom. The summed E-state index contributed by atoms with van der Waals surface area (Å²) in [6, 6.07) is 7.42. The second-order valence-electron chi connectivity index (χ2n) is 6.04. The number of fused-ring (bicyclic) bond motifs is 2. The van der Waals surface area contributed by atoms with Crippen LogP contribution in [0.2, 0.25) is 0 Å². The van der Waals surface area contributed by atoms with Crippen molar-refractivity contribution in [3.8, 4) is 0 Å². The van der Waals surface area contributed by atoms with Crippen LogP contribution in [0.15, 0.2) is 35.2 Å². The van der Waals surface area contributed by atoms with Crippen molar-refractivity contribution in [1.82, 2.24) is 4.98 Å². The summed E-state index contributed by atoms with van der Waals surface area (Å²) in [4.78, 5) is 30.0. The first-order valence-electron chi connectivity index (χ1n) is 8.07. The number of nitrogens with zero attached hydrogens (tertiary/aromatic N) is 2. The SMILES string of the molecule is O=C(O)C[C@@H]1Sc2ccccc2N(Cc2nc3c(F)c(F)cc(F)c3s2)C1=O. The van der Waals surface area contributed by atoms with Gasteiger partial charge in [-0.05, 0) is 12.1 Å². The Labute approximate surface area is 164 Å². The Kier molecular flexibility index (Phi) is 4.76. The second kappa shape index (κ2) is 7.10. The molecule has 1 aliphatic heterocycles. The average Bonchev–Trinajstić information content (AvgIpc) is 3.07. The number of aromatic nitrogens is 1. The van der Waals surface area contributed by atoms with Gasteiger partial charge in [0.15, 0.2) is 11.6 Å². The van der Waals surface area contributed by atoms with Gasteiger partial charge >= 0.3 is 5.97 Å².